The molecule has 2 aliphatic rings. The molecule has 0 bridgehead atoms. The highest BCUT2D eigenvalue weighted by atomic mass is 16.2. The molecule has 0 aromatic heterocycles. The van der Waals surface area contributed by atoms with Gasteiger partial charge in [-0.1, -0.05) is 19.3 Å². The van der Waals surface area contributed by atoms with Crippen LogP contribution in [0.5, 0.6) is 0 Å². The van der Waals surface area contributed by atoms with Crippen molar-refractivity contribution >= 4 is 23.2 Å². The van der Waals surface area contributed by atoms with Crippen LogP contribution in [-0.2, 0) is 16.0 Å². The lowest BCUT2D eigenvalue weighted by atomic mass is 9.94. The third kappa shape index (κ3) is 3.55. The second-order valence-electron chi connectivity index (χ2n) is 6.88. The molecule has 1 saturated carbocycles. The Hall–Kier alpha value is -2.04. The fourth-order valence-corrected chi connectivity index (χ4v) is 3.87. The lowest BCUT2D eigenvalue weighted by molar-refractivity contribution is -0.134. The molecule has 1 aliphatic heterocycles. The van der Waals surface area contributed by atoms with Crippen molar-refractivity contribution in [2.24, 2.45) is 0 Å². The molecule has 5 nitrogen and oxygen atoms in total. The van der Waals surface area contributed by atoms with E-state index >= 15 is 0 Å². The largest absolute Gasteiger partial charge is 0.374 e. The summed E-state index contributed by atoms with van der Waals surface area (Å²) in [6.45, 7) is 4.74. The van der Waals surface area contributed by atoms with E-state index in [0.717, 1.165) is 36.3 Å². The molecule has 0 radical (unpaired) electrons. The monoisotopic (exact) mass is 329 g/mol. The fraction of sp³-hybridized carbons (Fsp3) is 0.579. The zero-order valence-corrected chi connectivity index (χ0v) is 14.6. The van der Waals surface area contributed by atoms with Crippen LogP contribution in [0.15, 0.2) is 18.2 Å². The van der Waals surface area contributed by atoms with Crippen LogP contribution in [0, 0.1) is 0 Å². The van der Waals surface area contributed by atoms with Crippen molar-refractivity contribution < 1.29 is 9.59 Å². The first-order valence-corrected chi connectivity index (χ1v) is 9.08. The molecule has 1 aromatic carbocycles. The van der Waals surface area contributed by atoms with Crippen molar-refractivity contribution in [3.63, 3.8) is 0 Å². The maximum absolute atomic E-state index is 12.9. The number of hydrogen-bond donors (Lipinski definition) is 2. The molecule has 1 heterocycles. The van der Waals surface area contributed by atoms with Gasteiger partial charge in [-0.25, -0.2) is 0 Å². The van der Waals surface area contributed by atoms with Gasteiger partial charge in [-0.2, -0.15) is 0 Å². The SMILES string of the molecule is CCN(C(=O)[C@@H](C)Nc1ccc2c(c1)CC(=O)N2)C1CCCCC1. The first kappa shape index (κ1) is 16.8. The number of hydrogen-bond acceptors (Lipinski definition) is 3. The minimum Gasteiger partial charge on any atom is -0.374 e. The van der Waals surface area contributed by atoms with Crippen molar-refractivity contribution in [2.45, 2.75) is 64.5 Å². The van der Waals surface area contributed by atoms with E-state index in [1.807, 2.05) is 30.0 Å². The van der Waals surface area contributed by atoms with Gasteiger partial charge in [0.15, 0.2) is 0 Å². The molecule has 1 fully saturated rings. The van der Waals surface area contributed by atoms with Crippen LogP contribution in [0.1, 0.15) is 51.5 Å². The Balaban J connectivity index is 1.65. The third-order valence-electron chi connectivity index (χ3n) is 5.12. The summed E-state index contributed by atoms with van der Waals surface area (Å²) < 4.78 is 0. The molecule has 130 valence electrons. The molecule has 2 N–H and O–H groups in total. The molecule has 0 unspecified atom stereocenters. The lowest BCUT2D eigenvalue weighted by Crippen LogP contribution is -2.47. The number of likely N-dealkylation sites (N-methyl/N-ethyl adjacent to an activating group) is 1. The molecule has 3 rings (SSSR count). The van der Waals surface area contributed by atoms with Crippen molar-refractivity contribution in [1.29, 1.82) is 0 Å². The highest BCUT2D eigenvalue weighted by Crippen LogP contribution is 2.27. The van der Waals surface area contributed by atoms with E-state index < -0.39 is 0 Å². The Morgan fingerprint density at radius 2 is 2.08 bits per heavy atom. The zero-order chi connectivity index (χ0) is 17.1. The Bertz CT molecular complexity index is 623. The summed E-state index contributed by atoms with van der Waals surface area (Å²) in [5.74, 6) is 0.194. The Morgan fingerprint density at radius 1 is 1.33 bits per heavy atom. The number of fused-ring (bicyclic) bond motifs is 1. The molecule has 24 heavy (non-hydrogen) atoms. The number of benzene rings is 1. The molecule has 2 amide bonds. The van der Waals surface area contributed by atoms with Gasteiger partial charge in [0.2, 0.25) is 11.8 Å². The number of amides is 2. The van der Waals surface area contributed by atoms with Crippen molar-refractivity contribution in [2.75, 3.05) is 17.2 Å². The minimum absolute atomic E-state index is 0.0285. The predicted molar refractivity (Wildman–Crippen MR) is 96.1 cm³/mol. The molecule has 1 aromatic rings. The highest BCUT2D eigenvalue weighted by molar-refractivity contribution is 5.99. The van der Waals surface area contributed by atoms with Gasteiger partial charge >= 0.3 is 0 Å². The maximum Gasteiger partial charge on any atom is 0.245 e. The number of carbonyl (C=O) groups excluding carboxylic acids is 2. The molecule has 1 atom stereocenters. The fourth-order valence-electron chi connectivity index (χ4n) is 3.87. The molecule has 1 aliphatic carbocycles. The standard InChI is InChI=1S/C19H27N3O2/c1-3-22(16-7-5-4-6-8-16)19(24)13(2)20-15-9-10-17-14(11-15)12-18(23)21-17/h9-11,13,16,20H,3-8,12H2,1-2H3,(H,21,23)/t13-/m1/s1. The van der Waals surface area contributed by atoms with Gasteiger partial charge in [-0.15, -0.1) is 0 Å². The number of nitrogens with zero attached hydrogens (tertiary/aromatic N) is 1. The first-order valence-electron chi connectivity index (χ1n) is 9.08. The van der Waals surface area contributed by atoms with E-state index in [1.54, 1.807) is 0 Å². The van der Waals surface area contributed by atoms with Crippen LogP contribution in [0.2, 0.25) is 0 Å². The maximum atomic E-state index is 12.9. The quantitative estimate of drug-likeness (QED) is 0.872. The first-order chi connectivity index (χ1) is 11.6. The van der Waals surface area contributed by atoms with E-state index in [9.17, 15) is 9.59 Å². The van der Waals surface area contributed by atoms with Gasteiger partial charge in [0.05, 0.1) is 6.42 Å². The van der Waals surface area contributed by atoms with Gasteiger partial charge in [-0.05, 0) is 50.5 Å². The second-order valence-corrected chi connectivity index (χ2v) is 6.88. The summed E-state index contributed by atoms with van der Waals surface area (Å²) in [6.07, 6.45) is 6.40. The average molecular weight is 329 g/mol. The van der Waals surface area contributed by atoms with Crippen LogP contribution in [0.3, 0.4) is 0 Å². The summed E-state index contributed by atoms with van der Waals surface area (Å²) in [4.78, 5) is 26.4. The van der Waals surface area contributed by atoms with Crippen molar-refractivity contribution in [1.82, 2.24) is 4.90 Å². The number of carbonyl (C=O) groups is 2. The minimum atomic E-state index is -0.269. The Kier molecular flexibility index (Phi) is 5.07. The van der Waals surface area contributed by atoms with Crippen LogP contribution in [0.4, 0.5) is 11.4 Å². The molecular weight excluding hydrogens is 302 g/mol. The molecule has 5 heteroatoms. The van der Waals surface area contributed by atoms with Gasteiger partial charge in [0.25, 0.3) is 0 Å². The third-order valence-corrected chi connectivity index (χ3v) is 5.12. The summed E-state index contributed by atoms with van der Waals surface area (Å²) in [5, 5.41) is 6.14. The van der Waals surface area contributed by atoms with Crippen LogP contribution >= 0.6 is 0 Å². The topological polar surface area (TPSA) is 61.4 Å². The van der Waals surface area contributed by atoms with Crippen LogP contribution in [-0.4, -0.2) is 35.3 Å². The van der Waals surface area contributed by atoms with Gasteiger partial charge in [-0.3, -0.25) is 9.59 Å². The van der Waals surface area contributed by atoms with Gasteiger partial charge < -0.3 is 15.5 Å². The summed E-state index contributed by atoms with van der Waals surface area (Å²) in [6, 6.07) is 5.91. The summed E-state index contributed by atoms with van der Waals surface area (Å²) in [7, 11) is 0. The van der Waals surface area contributed by atoms with E-state index in [0.29, 0.717) is 12.5 Å². The van der Waals surface area contributed by atoms with Gasteiger partial charge in [0.1, 0.15) is 6.04 Å². The second kappa shape index (κ2) is 7.24. The number of anilines is 2. The Morgan fingerprint density at radius 3 is 2.79 bits per heavy atom. The zero-order valence-electron chi connectivity index (χ0n) is 14.6. The normalized spacial score (nSPS) is 18.7. The molecular formula is C19H27N3O2. The summed E-state index contributed by atoms with van der Waals surface area (Å²) >= 11 is 0. The summed E-state index contributed by atoms with van der Waals surface area (Å²) in [5.41, 5.74) is 2.76. The van der Waals surface area contributed by atoms with Crippen molar-refractivity contribution in [3.05, 3.63) is 23.8 Å². The van der Waals surface area contributed by atoms with E-state index in [-0.39, 0.29) is 17.9 Å². The van der Waals surface area contributed by atoms with Crippen LogP contribution in [0.25, 0.3) is 0 Å². The molecule has 0 saturated heterocycles. The predicted octanol–water partition coefficient (Wildman–Crippen LogP) is 3.16. The van der Waals surface area contributed by atoms with Crippen LogP contribution < -0.4 is 10.6 Å². The molecule has 0 spiro atoms. The van der Waals surface area contributed by atoms with E-state index in [4.69, 9.17) is 0 Å². The van der Waals surface area contributed by atoms with E-state index in [1.165, 1.54) is 19.3 Å². The lowest BCUT2D eigenvalue weighted by Gasteiger charge is -2.35. The number of nitrogens with one attached hydrogen (secondary N) is 2. The van der Waals surface area contributed by atoms with Crippen molar-refractivity contribution in [3.8, 4) is 0 Å². The average Bonchev–Trinajstić information content (AvgIpc) is 2.95. The highest BCUT2D eigenvalue weighted by Gasteiger charge is 2.27. The smallest absolute Gasteiger partial charge is 0.245 e. The Labute approximate surface area is 143 Å². The van der Waals surface area contributed by atoms with Gasteiger partial charge in [0, 0.05) is 24.0 Å². The van der Waals surface area contributed by atoms with E-state index in [2.05, 4.69) is 17.6 Å². The number of rotatable bonds is 5.